The van der Waals surface area contributed by atoms with Crippen LogP contribution in [0, 0.1) is 5.92 Å². The highest BCUT2D eigenvalue weighted by Gasteiger charge is 2.51. The monoisotopic (exact) mass is 313 g/mol. The van der Waals surface area contributed by atoms with Gasteiger partial charge in [0.05, 0.1) is 19.6 Å². The van der Waals surface area contributed by atoms with Crippen molar-refractivity contribution in [3.8, 4) is 0 Å². The van der Waals surface area contributed by atoms with Gasteiger partial charge in [-0.15, -0.1) is 0 Å². The van der Waals surface area contributed by atoms with Crippen molar-refractivity contribution in [3.05, 3.63) is 0 Å². The predicted octanol–water partition coefficient (Wildman–Crippen LogP) is 1.37. The lowest BCUT2D eigenvalue weighted by molar-refractivity contribution is -0.163. The Hall–Kier alpha value is -1.14. The Labute approximate surface area is 132 Å². The van der Waals surface area contributed by atoms with Crippen molar-refractivity contribution >= 4 is 11.9 Å². The van der Waals surface area contributed by atoms with Crippen LogP contribution in [0.3, 0.4) is 0 Å². The van der Waals surface area contributed by atoms with Crippen molar-refractivity contribution in [2.45, 2.75) is 57.7 Å². The second kappa shape index (κ2) is 6.16. The molecular weight excluding hydrogens is 286 g/mol. The third-order valence-electron chi connectivity index (χ3n) is 4.33. The highest BCUT2D eigenvalue weighted by atomic mass is 16.6. The van der Waals surface area contributed by atoms with Gasteiger partial charge in [0.2, 0.25) is 0 Å². The van der Waals surface area contributed by atoms with Crippen LogP contribution >= 0.6 is 0 Å². The molecule has 0 aliphatic carbocycles. The first kappa shape index (κ1) is 17.2. The van der Waals surface area contributed by atoms with Gasteiger partial charge >= 0.3 is 11.9 Å². The molecule has 2 saturated heterocycles. The van der Waals surface area contributed by atoms with Crippen molar-refractivity contribution in [1.29, 1.82) is 0 Å². The van der Waals surface area contributed by atoms with Gasteiger partial charge in [0.1, 0.15) is 11.6 Å². The lowest BCUT2D eigenvalue weighted by atomic mass is 9.94. The van der Waals surface area contributed by atoms with Crippen molar-refractivity contribution in [2.75, 3.05) is 26.9 Å². The van der Waals surface area contributed by atoms with Gasteiger partial charge in [-0.3, -0.25) is 14.5 Å². The highest BCUT2D eigenvalue weighted by molar-refractivity contribution is 5.77. The molecular formula is C16H27NO5. The summed E-state index contributed by atoms with van der Waals surface area (Å²) in [7, 11) is 1.40. The van der Waals surface area contributed by atoms with Gasteiger partial charge in [0.15, 0.2) is 0 Å². The molecule has 0 aromatic rings. The number of hydrogen-bond acceptors (Lipinski definition) is 6. The molecule has 2 rings (SSSR count). The Balaban J connectivity index is 2.20. The Kier molecular flexibility index (Phi) is 4.82. The maximum atomic E-state index is 12.6. The molecule has 126 valence electrons. The fourth-order valence-electron chi connectivity index (χ4n) is 3.40. The third kappa shape index (κ3) is 3.60. The lowest BCUT2D eigenvalue weighted by Crippen LogP contribution is -2.52. The predicted molar refractivity (Wildman–Crippen MR) is 80.3 cm³/mol. The number of carbonyl (C=O) groups is 2. The van der Waals surface area contributed by atoms with Gasteiger partial charge < -0.3 is 14.2 Å². The van der Waals surface area contributed by atoms with E-state index in [0.29, 0.717) is 32.6 Å². The molecule has 0 amide bonds. The number of ether oxygens (including phenoxy) is 3. The maximum absolute atomic E-state index is 12.6. The summed E-state index contributed by atoms with van der Waals surface area (Å²) in [4.78, 5) is 26.5. The summed E-state index contributed by atoms with van der Waals surface area (Å²) in [6.07, 6.45) is 1.22. The molecule has 0 spiro atoms. The molecule has 2 heterocycles. The average Bonchev–Trinajstić information content (AvgIpc) is 2.65. The number of methoxy groups -OCH3 is 1. The van der Waals surface area contributed by atoms with Gasteiger partial charge in [0.25, 0.3) is 0 Å². The van der Waals surface area contributed by atoms with Crippen molar-refractivity contribution in [2.24, 2.45) is 5.92 Å². The van der Waals surface area contributed by atoms with Gasteiger partial charge in [0, 0.05) is 18.7 Å². The van der Waals surface area contributed by atoms with E-state index in [4.69, 9.17) is 14.2 Å². The molecule has 0 aromatic heterocycles. The maximum Gasteiger partial charge on any atom is 0.323 e. The molecule has 22 heavy (non-hydrogen) atoms. The van der Waals surface area contributed by atoms with Crippen LogP contribution in [0.4, 0.5) is 0 Å². The molecule has 1 unspecified atom stereocenters. The van der Waals surface area contributed by atoms with Gasteiger partial charge in [-0.25, -0.2) is 0 Å². The molecule has 0 saturated carbocycles. The molecule has 0 bridgehead atoms. The van der Waals surface area contributed by atoms with Crippen LogP contribution in [0.2, 0.25) is 0 Å². The van der Waals surface area contributed by atoms with Crippen LogP contribution in [-0.2, 0) is 23.8 Å². The minimum Gasteiger partial charge on any atom is -0.469 e. The van der Waals surface area contributed by atoms with E-state index in [1.807, 2.05) is 27.7 Å². The first-order chi connectivity index (χ1) is 10.2. The zero-order chi connectivity index (χ0) is 16.5. The number of rotatable bonds is 2. The molecule has 0 N–H and O–H groups in total. The highest BCUT2D eigenvalue weighted by Crippen LogP contribution is 2.38. The summed E-state index contributed by atoms with van der Waals surface area (Å²) in [5, 5.41) is 0. The summed E-state index contributed by atoms with van der Waals surface area (Å²) >= 11 is 0. The van der Waals surface area contributed by atoms with Crippen LogP contribution in [0.25, 0.3) is 0 Å². The fourth-order valence-corrected chi connectivity index (χ4v) is 3.40. The number of esters is 2. The van der Waals surface area contributed by atoms with E-state index in [0.717, 1.165) is 0 Å². The Bertz CT molecular complexity index is 444. The van der Waals surface area contributed by atoms with E-state index in [1.54, 1.807) is 0 Å². The van der Waals surface area contributed by atoms with Crippen molar-refractivity contribution in [3.63, 3.8) is 0 Å². The SMILES string of the molecule is COC(=O)[C@@H]1CN2C(C(=O)OC(C)(C)C)CCOC[C@]2(C)C1. The van der Waals surface area contributed by atoms with E-state index in [9.17, 15) is 9.59 Å². The third-order valence-corrected chi connectivity index (χ3v) is 4.33. The average molecular weight is 313 g/mol. The van der Waals surface area contributed by atoms with Crippen molar-refractivity contribution in [1.82, 2.24) is 4.90 Å². The largest absolute Gasteiger partial charge is 0.469 e. The normalized spacial score (nSPS) is 33.0. The van der Waals surface area contributed by atoms with Crippen LogP contribution in [0.15, 0.2) is 0 Å². The molecule has 3 atom stereocenters. The van der Waals surface area contributed by atoms with Crippen LogP contribution in [0.1, 0.15) is 40.5 Å². The standard InChI is InChI=1S/C16H27NO5/c1-15(2,3)22-14(19)12-6-7-21-10-16(4)8-11(9-17(12)16)13(18)20-5/h11-12H,6-10H2,1-5H3/t11-,12?,16-/m0/s1. The first-order valence-electron chi connectivity index (χ1n) is 7.81. The minimum atomic E-state index is -0.526. The van der Waals surface area contributed by atoms with Crippen LogP contribution in [0.5, 0.6) is 0 Å². The number of hydrogen-bond donors (Lipinski definition) is 0. The summed E-state index contributed by atoms with van der Waals surface area (Å²) in [5.74, 6) is -0.686. The van der Waals surface area contributed by atoms with Crippen LogP contribution < -0.4 is 0 Å². The van der Waals surface area contributed by atoms with E-state index >= 15 is 0 Å². The zero-order valence-electron chi connectivity index (χ0n) is 14.2. The zero-order valence-corrected chi connectivity index (χ0v) is 14.2. The van der Waals surface area contributed by atoms with Crippen molar-refractivity contribution < 1.29 is 23.8 Å². The van der Waals surface area contributed by atoms with Gasteiger partial charge in [-0.05, 0) is 40.5 Å². The topological polar surface area (TPSA) is 65.1 Å². The second-order valence-corrected chi connectivity index (χ2v) is 7.46. The van der Waals surface area contributed by atoms with Gasteiger partial charge in [-0.2, -0.15) is 0 Å². The minimum absolute atomic E-state index is 0.221. The number of nitrogens with zero attached hydrogens (tertiary/aromatic N) is 1. The smallest absolute Gasteiger partial charge is 0.323 e. The summed E-state index contributed by atoms with van der Waals surface area (Å²) in [6, 6.07) is -0.374. The van der Waals surface area contributed by atoms with E-state index < -0.39 is 5.60 Å². The molecule has 2 aliphatic heterocycles. The summed E-state index contributed by atoms with van der Waals surface area (Å²) < 4.78 is 16.1. The summed E-state index contributed by atoms with van der Waals surface area (Å²) in [6.45, 7) is 9.17. The number of carbonyl (C=O) groups excluding carboxylic acids is 2. The second-order valence-electron chi connectivity index (χ2n) is 7.46. The van der Waals surface area contributed by atoms with E-state index in [1.165, 1.54) is 7.11 Å². The van der Waals surface area contributed by atoms with Gasteiger partial charge in [-0.1, -0.05) is 0 Å². The Morgan fingerprint density at radius 3 is 2.55 bits per heavy atom. The molecule has 6 nitrogen and oxygen atoms in total. The molecule has 0 aromatic carbocycles. The molecule has 0 radical (unpaired) electrons. The molecule has 2 fully saturated rings. The molecule has 2 aliphatic rings. The first-order valence-corrected chi connectivity index (χ1v) is 7.81. The van der Waals surface area contributed by atoms with E-state index in [2.05, 4.69) is 4.90 Å². The van der Waals surface area contributed by atoms with E-state index in [-0.39, 0.29) is 29.4 Å². The summed E-state index contributed by atoms with van der Waals surface area (Å²) in [5.41, 5.74) is -0.862. The van der Waals surface area contributed by atoms with Crippen LogP contribution in [-0.4, -0.2) is 60.9 Å². The quantitative estimate of drug-likeness (QED) is 0.718. The molecule has 6 heteroatoms. The Morgan fingerprint density at radius 2 is 1.95 bits per heavy atom. The lowest BCUT2D eigenvalue weighted by Gasteiger charge is -2.37. The fraction of sp³-hybridized carbons (Fsp3) is 0.875. The number of fused-ring (bicyclic) bond motifs is 1. The Morgan fingerprint density at radius 1 is 1.27 bits per heavy atom.